The number of nitrogens with one attached hydrogen (secondary N) is 3. The van der Waals surface area contributed by atoms with Gasteiger partial charge in [-0.2, -0.15) is 0 Å². The summed E-state index contributed by atoms with van der Waals surface area (Å²) in [5.74, 6) is 2.51. The van der Waals surface area contributed by atoms with Gasteiger partial charge in [-0.25, -0.2) is 9.97 Å². The minimum atomic E-state index is -0.201. The van der Waals surface area contributed by atoms with Gasteiger partial charge in [0, 0.05) is 31.5 Å². The van der Waals surface area contributed by atoms with Gasteiger partial charge in [0.15, 0.2) is 0 Å². The second-order valence-corrected chi connectivity index (χ2v) is 9.58. The fourth-order valence-electron chi connectivity index (χ4n) is 5.32. The van der Waals surface area contributed by atoms with E-state index < -0.39 is 0 Å². The van der Waals surface area contributed by atoms with Crippen molar-refractivity contribution in [1.82, 2.24) is 30.2 Å². The van der Waals surface area contributed by atoms with Gasteiger partial charge in [0.25, 0.3) is 5.56 Å². The Balaban J connectivity index is 1.22. The second-order valence-electron chi connectivity index (χ2n) is 9.58. The minimum absolute atomic E-state index is 0.201. The number of likely N-dealkylation sites (tertiary alicyclic amines) is 1. The van der Waals surface area contributed by atoms with E-state index in [1.54, 1.807) is 25.7 Å². The Kier molecular flexibility index (Phi) is 6.08. The monoisotopic (exact) mass is 483 g/mol. The number of rotatable bonds is 7. The molecule has 6 rings (SSSR count). The zero-order valence-electron chi connectivity index (χ0n) is 20.2. The van der Waals surface area contributed by atoms with Crippen LogP contribution in [-0.4, -0.2) is 64.7 Å². The molecule has 9 nitrogen and oxygen atoms in total. The Labute approximate surface area is 209 Å². The largest absolute Gasteiger partial charge is 0.480 e. The molecule has 2 saturated heterocycles. The molecule has 0 bridgehead atoms. The maximum atomic E-state index is 12.7. The average Bonchev–Trinajstić information content (AvgIpc) is 3.50. The molecule has 4 aromatic rings. The van der Waals surface area contributed by atoms with E-state index in [1.165, 1.54) is 31.7 Å². The lowest BCUT2D eigenvalue weighted by Gasteiger charge is -2.17. The number of ether oxygens (including phenoxy) is 1. The third-order valence-corrected chi connectivity index (χ3v) is 7.24. The number of hydrogen-bond acceptors (Lipinski definition) is 8. The van der Waals surface area contributed by atoms with E-state index in [0.29, 0.717) is 28.5 Å². The standard InChI is InChI=1S/C27H29N7O2/c1-36-24-14-29-13-23(32-24)22-10-18-6-8-30-27(35)25(18)26(33-22)31-21-4-2-17(3-5-21)7-9-34-15-19-11-28-12-20(19)16-34/h2-6,8,10,13-14,19-20,28H,7,9,11-12,15-16H2,1H3,(H,30,35)(H,31,33). The van der Waals surface area contributed by atoms with Crippen LogP contribution in [0.4, 0.5) is 11.5 Å². The fraction of sp³-hybridized carbons (Fsp3) is 0.333. The van der Waals surface area contributed by atoms with Gasteiger partial charge in [0.1, 0.15) is 11.5 Å². The van der Waals surface area contributed by atoms with Crippen molar-refractivity contribution in [3.8, 4) is 17.3 Å². The first-order chi connectivity index (χ1) is 17.7. The SMILES string of the molecule is COc1cncc(-c2cc3cc[nH]c(=O)c3c(Nc3ccc(CCN4CC5CNCC5C4)cc3)n2)n1. The Morgan fingerprint density at radius 1 is 1.06 bits per heavy atom. The highest BCUT2D eigenvalue weighted by Gasteiger charge is 2.35. The van der Waals surface area contributed by atoms with Crippen LogP contribution in [0.15, 0.2) is 59.8 Å². The Morgan fingerprint density at radius 2 is 1.86 bits per heavy atom. The first-order valence-corrected chi connectivity index (χ1v) is 12.3. The first-order valence-electron chi connectivity index (χ1n) is 12.3. The van der Waals surface area contributed by atoms with E-state index >= 15 is 0 Å². The van der Waals surface area contributed by atoms with Gasteiger partial charge >= 0.3 is 0 Å². The van der Waals surface area contributed by atoms with Crippen LogP contribution < -0.4 is 20.9 Å². The van der Waals surface area contributed by atoms with E-state index in [9.17, 15) is 4.79 Å². The molecule has 1 aromatic carbocycles. The maximum absolute atomic E-state index is 12.7. The molecule has 0 saturated carbocycles. The average molecular weight is 484 g/mol. The number of aromatic amines is 1. The number of hydrogen-bond donors (Lipinski definition) is 3. The molecule has 2 aliphatic heterocycles. The van der Waals surface area contributed by atoms with Crippen LogP contribution in [0.1, 0.15) is 5.56 Å². The number of fused-ring (bicyclic) bond motifs is 2. The summed E-state index contributed by atoms with van der Waals surface area (Å²) in [5.41, 5.74) is 3.13. The van der Waals surface area contributed by atoms with Crippen molar-refractivity contribution in [2.75, 3.05) is 45.2 Å². The zero-order chi connectivity index (χ0) is 24.5. The van der Waals surface area contributed by atoms with Crippen molar-refractivity contribution < 1.29 is 4.74 Å². The lowest BCUT2D eigenvalue weighted by atomic mass is 10.0. The maximum Gasteiger partial charge on any atom is 0.259 e. The van der Waals surface area contributed by atoms with Crippen molar-refractivity contribution in [1.29, 1.82) is 0 Å². The molecule has 0 radical (unpaired) electrons. The van der Waals surface area contributed by atoms with Gasteiger partial charge in [-0.05, 0) is 66.6 Å². The summed E-state index contributed by atoms with van der Waals surface area (Å²) in [6.45, 7) is 5.83. The molecule has 0 aliphatic carbocycles. The minimum Gasteiger partial charge on any atom is -0.480 e. The normalized spacial score (nSPS) is 19.5. The van der Waals surface area contributed by atoms with E-state index in [-0.39, 0.29) is 5.56 Å². The molecule has 2 aliphatic rings. The first kappa shape index (κ1) is 22.6. The number of anilines is 2. The molecule has 9 heteroatoms. The molecule has 3 N–H and O–H groups in total. The third kappa shape index (κ3) is 4.55. The second kappa shape index (κ2) is 9.67. The third-order valence-electron chi connectivity index (χ3n) is 7.24. The molecule has 0 amide bonds. The molecule has 36 heavy (non-hydrogen) atoms. The summed E-state index contributed by atoms with van der Waals surface area (Å²) in [5, 5.41) is 8.11. The lowest BCUT2D eigenvalue weighted by molar-refractivity contribution is 0.317. The highest BCUT2D eigenvalue weighted by Crippen LogP contribution is 2.28. The molecule has 184 valence electrons. The van der Waals surface area contributed by atoms with Gasteiger partial charge in [0.2, 0.25) is 5.88 Å². The van der Waals surface area contributed by atoms with Crippen molar-refractivity contribution in [2.24, 2.45) is 11.8 Å². The number of benzene rings is 1. The topological polar surface area (TPSA) is 108 Å². The highest BCUT2D eigenvalue weighted by atomic mass is 16.5. The number of H-pyrrole nitrogens is 1. The molecule has 5 heterocycles. The Hall–Kier alpha value is -3.82. The van der Waals surface area contributed by atoms with E-state index in [4.69, 9.17) is 9.72 Å². The molecular formula is C27H29N7O2. The summed E-state index contributed by atoms with van der Waals surface area (Å²) in [6.07, 6.45) is 5.83. The van der Waals surface area contributed by atoms with Crippen LogP contribution in [0.2, 0.25) is 0 Å². The number of pyridine rings is 2. The Morgan fingerprint density at radius 3 is 2.64 bits per heavy atom. The van der Waals surface area contributed by atoms with Gasteiger partial charge in [-0.3, -0.25) is 9.78 Å². The number of methoxy groups -OCH3 is 1. The van der Waals surface area contributed by atoms with Crippen molar-refractivity contribution in [3.63, 3.8) is 0 Å². The van der Waals surface area contributed by atoms with Gasteiger partial charge in [0.05, 0.1) is 30.6 Å². The molecular weight excluding hydrogens is 454 g/mol. The van der Waals surface area contributed by atoms with E-state index in [1.807, 2.05) is 24.3 Å². The van der Waals surface area contributed by atoms with Gasteiger partial charge < -0.3 is 25.3 Å². The summed E-state index contributed by atoms with van der Waals surface area (Å²) in [7, 11) is 1.55. The molecule has 0 spiro atoms. The van der Waals surface area contributed by atoms with Crippen molar-refractivity contribution in [2.45, 2.75) is 6.42 Å². The van der Waals surface area contributed by atoms with Crippen LogP contribution in [0.25, 0.3) is 22.2 Å². The fourth-order valence-corrected chi connectivity index (χ4v) is 5.32. The summed E-state index contributed by atoms with van der Waals surface area (Å²) in [6, 6.07) is 12.1. The molecule has 2 unspecified atom stereocenters. The number of nitrogens with zero attached hydrogens (tertiary/aromatic N) is 4. The van der Waals surface area contributed by atoms with Crippen LogP contribution in [0, 0.1) is 11.8 Å². The summed E-state index contributed by atoms with van der Waals surface area (Å²) < 4.78 is 5.21. The number of aromatic nitrogens is 4. The van der Waals surface area contributed by atoms with Crippen LogP contribution in [0.3, 0.4) is 0 Å². The molecule has 2 atom stereocenters. The van der Waals surface area contributed by atoms with E-state index in [0.717, 1.165) is 35.9 Å². The summed E-state index contributed by atoms with van der Waals surface area (Å²) >= 11 is 0. The predicted molar refractivity (Wildman–Crippen MR) is 140 cm³/mol. The Bertz CT molecular complexity index is 1420. The predicted octanol–water partition coefficient (Wildman–Crippen LogP) is 2.83. The quantitative estimate of drug-likeness (QED) is 0.368. The van der Waals surface area contributed by atoms with Crippen LogP contribution in [-0.2, 0) is 6.42 Å². The molecule has 3 aromatic heterocycles. The van der Waals surface area contributed by atoms with E-state index in [2.05, 4.69) is 42.6 Å². The van der Waals surface area contributed by atoms with Crippen LogP contribution in [0.5, 0.6) is 5.88 Å². The van der Waals surface area contributed by atoms with Gasteiger partial charge in [-0.15, -0.1) is 0 Å². The van der Waals surface area contributed by atoms with Gasteiger partial charge in [-0.1, -0.05) is 12.1 Å². The van der Waals surface area contributed by atoms with Crippen molar-refractivity contribution >= 4 is 22.3 Å². The van der Waals surface area contributed by atoms with Crippen LogP contribution >= 0.6 is 0 Å². The molecule has 2 fully saturated rings. The highest BCUT2D eigenvalue weighted by molar-refractivity contribution is 5.94. The smallest absolute Gasteiger partial charge is 0.259 e. The van der Waals surface area contributed by atoms with Crippen molar-refractivity contribution in [3.05, 3.63) is 70.9 Å². The summed E-state index contributed by atoms with van der Waals surface area (Å²) in [4.78, 5) is 31.4. The zero-order valence-corrected chi connectivity index (χ0v) is 20.2. The lowest BCUT2D eigenvalue weighted by Crippen LogP contribution is -2.27.